The van der Waals surface area contributed by atoms with Crippen LogP contribution in [-0.4, -0.2) is 66.5 Å². The first-order valence-corrected chi connectivity index (χ1v) is 12.8. The van der Waals surface area contributed by atoms with Crippen LogP contribution in [0, 0.1) is 0 Å². The first-order valence-electron chi connectivity index (χ1n) is 12.8. The lowest BCUT2D eigenvalue weighted by molar-refractivity contribution is -0.139. The van der Waals surface area contributed by atoms with Crippen molar-refractivity contribution in [3.05, 3.63) is 64.7 Å². The second-order valence-electron chi connectivity index (χ2n) is 9.88. The van der Waals surface area contributed by atoms with E-state index in [1.165, 1.54) is 0 Å². The SMILES string of the molecule is CCCCOc1cccc([C@@H]2C(=C(O)c3ccc4c(c3)C[C@@H](C)O4)C(=O)C(=O)N2CCCN(C)C)c1. The number of carbonyl (C=O) groups excluding carboxylic acids is 2. The van der Waals surface area contributed by atoms with E-state index in [-0.39, 0.29) is 17.4 Å². The zero-order valence-electron chi connectivity index (χ0n) is 21.6. The van der Waals surface area contributed by atoms with E-state index in [0.29, 0.717) is 30.9 Å². The fraction of sp³-hybridized carbons (Fsp3) is 0.448. The van der Waals surface area contributed by atoms with Crippen molar-refractivity contribution in [2.75, 3.05) is 33.8 Å². The van der Waals surface area contributed by atoms with Crippen LogP contribution in [0.25, 0.3) is 5.76 Å². The second-order valence-corrected chi connectivity index (χ2v) is 9.88. The van der Waals surface area contributed by atoms with Crippen LogP contribution < -0.4 is 9.47 Å². The number of rotatable bonds is 10. The summed E-state index contributed by atoms with van der Waals surface area (Å²) < 4.78 is 11.7. The molecule has 0 unspecified atom stereocenters. The van der Waals surface area contributed by atoms with E-state index in [1.54, 1.807) is 11.0 Å². The van der Waals surface area contributed by atoms with Gasteiger partial charge >= 0.3 is 0 Å². The van der Waals surface area contributed by atoms with Crippen LogP contribution in [0.1, 0.15) is 55.8 Å². The zero-order chi connectivity index (χ0) is 25.8. The Balaban J connectivity index is 1.75. The molecule has 4 rings (SSSR count). The zero-order valence-corrected chi connectivity index (χ0v) is 21.6. The van der Waals surface area contributed by atoms with E-state index >= 15 is 0 Å². The molecule has 0 aliphatic carbocycles. The number of nitrogens with zero attached hydrogens (tertiary/aromatic N) is 2. The third-order valence-electron chi connectivity index (χ3n) is 6.65. The minimum Gasteiger partial charge on any atom is -0.507 e. The highest BCUT2D eigenvalue weighted by Gasteiger charge is 2.46. The number of ether oxygens (including phenoxy) is 2. The lowest BCUT2D eigenvalue weighted by atomic mass is 9.94. The van der Waals surface area contributed by atoms with Crippen LogP contribution in [0.3, 0.4) is 0 Å². The second kappa shape index (κ2) is 11.2. The maximum atomic E-state index is 13.3. The highest BCUT2D eigenvalue weighted by Crippen LogP contribution is 2.41. The first kappa shape index (κ1) is 25.8. The molecule has 2 aliphatic rings. The van der Waals surface area contributed by atoms with Gasteiger partial charge in [0.05, 0.1) is 18.2 Å². The average Bonchev–Trinajstić information content (AvgIpc) is 3.34. The fourth-order valence-corrected chi connectivity index (χ4v) is 4.85. The number of unbranched alkanes of at least 4 members (excludes halogenated alkanes) is 1. The molecule has 0 bridgehead atoms. The average molecular weight is 493 g/mol. The predicted molar refractivity (Wildman–Crippen MR) is 139 cm³/mol. The Morgan fingerprint density at radius 3 is 2.72 bits per heavy atom. The number of likely N-dealkylation sites (tertiary alicyclic amines) is 1. The summed E-state index contributed by atoms with van der Waals surface area (Å²) in [6.45, 7) is 5.87. The Morgan fingerprint density at radius 1 is 1.17 bits per heavy atom. The van der Waals surface area contributed by atoms with Crippen LogP contribution in [0.4, 0.5) is 0 Å². The van der Waals surface area contributed by atoms with Gasteiger partial charge in [-0.15, -0.1) is 0 Å². The van der Waals surface area contributed by atoms with Gasteiger partial charge in [-0.3, -0.25) is 9.59 Å². The van der Waals surface area contributed by atoms with Crippen molar-refractivity contribution < 1.29 is 24.2 Å². The predicted octanol–water partition coefficient (Wildman–Crippen LogP) is 4.56. The molecule has 36 heavy (non-hydrogen) atoms. The van der Waals surface area contributed by atoms with Gasteiger partial charge < -0.3 is 24.4 Å². The summed E-state index contributed by atoms with van der Waals surface area (Å²) in [6.07, 6.45) is 3.47. The summed E-state index contributed by atoms with van der Waals surface area (Å²) in [5.74, 6) is 0.0637. The molecule has 7 nitrogen and oxygen atoms in total. The molecule has 1 saturated heterocycles. The van der Waals surface area contributed by atoms with Crippen molar-refractivity contribution in [1.29, 1.82) is 0 Å². The topological polar surface area (TPSA) is 79.3 Å². The van der Waals surface area contributed by atoms with E-state index in [9.17, 15) is 14.7 Å². The maximum absolute atomic E-state index is 13.3. The number of benzene rings is 2. The molecule has 7 heteroatoms. The minimum absolute atomic E-state index is 0.0649. The Labute approximate surface area is 213 Å². The molecule has 0 radical (unpaired) electrons. The minimum atomic E-state index is -0.690. The number of aliphatic hydroxyl groups excluding tert-OH is 1. The molecule has 1 amide bonds. The summed E-state index contributed by atoms with van der Waals surface area (Å²) >= 11 is 0. The Hall–Kier alpha value is -3.32. The van der Waals surface area contributed by atoms with Gasteiger partial charge in [0.2, 0.25) is 0 Å². The summed E-state index contributed by atoms with van der Waals surface area (Å²) in [5, 5.41) is 11.4. The third kappa shape index (κ3) is 5.41. The van der Waals surface area contributed by atoms with Gasteiger partial charge in [0, 0.05) is 18.5 Å². The Morgan fingerprint density at radius 2 is 1.97 bits per heavy atom. The highest BCUT2D eigenvalue weighted by atomic mass is 16.5. The molecule has 2 aromatic rings. The van der Waals surface area contributed by atoms with Crippen LogP contribution in [0.2, 0.25) is 0 Å². The van der Waals surface area contributed by atoms with Crippen LogP contribution in [0.5, 0.6) is 11.5 Å². The van der Waals surface area contributed by atoms with Crippen molar-refractivity contribution in [1.82, 2.24) is 9.80 Å². The fourth-order valence-electron chi connectivity index (χ4n) is 4.85. The molecule has 192 valence electrons. The van der Waals surface area contributed by atoms with Gasteiger partial charge in [0.25, 0.3) is 11.7 Å². The van der Waals surface area contributed by atoms with Gasteiger partial charge in [-0.05, 0) is 81.9 Å². The number of amides is 1. The van der Waals surface area contributed by atoms with Gasteiger partial charge in [0.1, 0.15) is 23.4 Å². The number of carbonyl (C=O) groups is 2. The first-order chi connectivity index (χ1) is 17.3. The van der Waals surface area contributed by atoms with Crippen molar-refractivity contribution in [3.8, 4) is 11.5 Å². The molecule has 1 N–H and O–H groups in total. The highest BCUT2D eigenvalue weighted by molar-refractivity contribution is 6.46. The number of Topliss-reactive ketones (excluding diaryl/α,β-unsaturated/α-hetero) is 1. The molecule has 2 aromatic carbocycles. The Bertz CT molecular complexity index is 1160. The van der Waals surface area contributed by atoms with Gasteiger partial charge in [-0.1, -0.05) is 25.5 Å². The van der Waals surface area contributed by atoms with Crippen LogP contribution in [0.15, 0.2) is 48.0 Å². The number of ketones is 1. The molecule has 1 fully saturated rings. The summed E-state index contributed by atoms with van der Waals surface area (Å²) in [6, 6.07) is 12.2. The quantitative estimate of drug-likeness (QED) is 0.227. The normalized spacial score (nSPS) is 20.6. The lowest BCUT2D eigenvalue weighted by Crippen LogP contribution is -2.32. The van der Waals surface area contributed by atoms with Gasteiger partial charge in [-0.2, -0.15) is 0 Å². The molecule has 0 saturated carbocycles. The molecular weight excluding hydrogens is 456 g/mol. The van der Waals surface area contributed by atoms with E-state index in [2.05, 4.69) is 6.92 Å². The number of hydrogen-bond acceptors (Lipinski definition) is 6. The molecule has 2 heterocycles. The third-order valence-corrected chi connectivity index (χ3v) is 6.65. The smallest absolute Gasteiger partial charge is 0.295 e. The molecule has 0 spiro atoms. The monoisotopic (exact) mass is 492 g/mol. The molecule has 0 aromatic heterocycles. The van der Waals surface area contributed by atoms with Gasteiger partial charge in [-0.25, -0.2) is 0 Å². The Kier molecular flexibility index (Phi) is 7.99. The standard InChI is InChI=1S/C29H36N2O5/c1-5-6-15-35-23-10-7-9-20(18-23)26-25(28(33)29(34)31(26)14-8-13-30(3)4)27(32)21-11-12-24-22(17-21)16-19(2)36-24/h7,9-12,17-19,26,32H,5-6,8,13-16H2,1-4H3/t19-,26-/m1/s1. The van der Waals surface area contributed by atoms with Crippen molar-refractivity contribution in [2.45, 2.75) is 51.7 Å². The number of hydrogen-bond donors (Lipinski definition) is 1. The lowest BCUT2D eigenvalue weighted by Gasteiger charge is -2.26. The summed E-state index contributed by atoms with van der Waals surface area (Å²) in [4.78, 5) is 30.1. The van der Waals surface area contributed by atoms with E-state index in [1.807, 2.05) is 62.3 Å². The van der Waals surface area contributed by atoms with Crippen molar-refractivity contribution in [3.63, 3.8) is 0 Å². The van der Waals surface area contributed by atoms with Crippen LogP contribution in [-0.2, 0) is 16.0 Å². The van der Waals surface area contributed by atoms with Crippen LogP contribution >= 0.6 is 0 Å². The summed E-state index contributed by atoms with van der Waals surface area (Å²) in [5.41, 5.74) is 2.35. The van der Waals surface area contributed by atoms with Crippen molar-refractivity contribution in [2.24, 2.45) is 0 Å². The number of fused-ring (bicyclic) bond motifs is 1. The van der Waals surface area contributed by atoms with Crippen molar-refractivity contribution >= 4 is 17.4 Å². The maximum Gasteiger partial charge on any atom is 0.295 e. The van der Waals surface area contributed by atoms with Gasteiger partial charge in [0.15, 0.2) is 0 Å². The molecule has 2 aliphatic heterocycles. The molecular formula is C29H36N2O5. The summed E-state index contributed by atoms with van der Waals surface area (Å²) in [7, 11) is 3.95. The largest absolute Gasteiger partial charge is 0.507 e. The van der Waals surface area contributed by atoms with E-state index in [0.717, 1.165) is 42.7 Å². The van der Waals surface area contributed by atoms with E-state index < -0.39 is 17.7 Å². The van der Waals surface area contributed by atoms with E-state index in [4.69, 9.17) is 9.47 Å². The molecule has 2 atom stereocenters. The number of aliphatic hydroxyl groups is 1.